The van der Waals surface area contributed by atoms with Gasteiger partial charge in [0.1, 0.15) is 5.82 Å². The zero-order valence-electron chi connectivity index (χ0n) is 12.2. The molecule has 1 saturated carbocycles. The van der Waals surface area contributed by atoms with Crippen LogP contribution >= 0.6 is 12.4 Å². The third-order valence-electron chi connectivity index (χ3n) is 4.47. The molecule has 1 aliphatic carbocycles. The molecule has 1 aliphatic heterocycles. The molecule has 118 valence electrons. The minimum atomic E-state index is -0.579. The second kappa shape index (κ2) is 5.81. The van der Waals surface area contributed by atoms with Gasteiger partial charge >= 0.3 is 5.69 Å². The summed E-state index contributed by atoms with van der Waals surface area (Å²) in [4.78, 5) is 25.6. The summed E-state index contributed by atoms with van der Waals surface area (Å²) in [6.45, 7) is 3.96. The van der Waals surface area contributed by atoms with E-state index in [0.717, 1.165) is 31.5 Å². The maximum absolute atomic E-state index is 12.2. The van der Waals surface area contributed by atoms with Crippen molar-refractivity contribution in [3.05, 3.63) is 16.3 Å². The van der Waals surface area contributed by atoms with Gasteiger partial charge in [-0.25, -0.2) is 9.89 Å². The molecule has 1 aromatic rings. The largest absolute Gasteiger partial charge is 0.343 e. The van der Waals surface area contributed by atoms with E-state index in [4.69, 9.17) is 5.73 Å². The van der Waals surface area contributed by atoms with Crippen molar-refractivity contribution in [1.29, 1.82) is 0 Å². The minimum absolute atomic E-state index is 0. The monoisotopic (exact) mass is 315 g/mol. The molecule has 2 aliphatic rings. The standard InChI is InChI=1S/C13H21N5O2.ClH/c1-2-18-10(15-16-12(18)20)9-3-7-17(8-4-9)11(19)13(14)5-6-13;/h9H,2-8,14H2,1H3,(H,16,20);1H. The highest BCUT2D eigenvalue weighted by Gasteiger charge is 2.48. The third-order valence-corrected chi connectivity index (χ3v) is 4.47. The van der Waals surface area contributed by atoms with Crippen molar-refractivity contribution >= 4 is 18.3 Å². The van der Waals surface area contributed by atoms with Crippen LogP contribution in [0.15, 0.2) is 4.79 Å². The topological polar surface area (TPSA) is 97.0 Å². The Balaban J connectivity index is 0.00000161. The van der Waals surface area contributed by atoms with Crippen LogP contribution in [0, 0.1) is 0 Å². The summed E-state index contributed by atoms with van der Waals surface area (Å²) in [5, 5.41) is 6.65. The zero-order chi connectivity index (χ0) is 14.3. The summed E-state index contributed by atoms with van der Waals surface area (Å²) >= 11 is 0. The van der Waals surface area contributed by atoms with Crippen molar-refractivity contribution in [3.8, 4) is 0 Å². The Morgan fingerprint density at radius 2 is 2.05 bits per heavy atom. The highest BCUT2D eigenvalue weighted by Crippen LogP contribution is 2.36. The van der Waals surface area contributed by atoms with Gasteiger partial charge in [-0.15, -0.1) is 12.4 Å². The van der Waals surface area contributed by atoms with E-state index in [1.165, 1.54) is 0 Å². The van der Waals surface area contributed by atoms with Crippen molar-refractivity contribution in [2.24, 2.45) is 5.73 Å². The van der Waals surface area contributed by atoms with Crippen LogP contribution in [0.3, 0.4) is 0 Å². The lowest BCUT2D eigenvalue weighted by molar-refractivity contribution is -0.134. The molecule has 2 fully saturated rings. The number of amides is 1. The molecule has 3 rings (SSSR count). The van der Waals surface area contributed by atoms with E-state index in [9.17, 15) is 9.59 Å². The lowest BCUT2D eigenvalue weighted by Gasteiger charge is -2.33. The van der Waals surface area contributed by atoms with E-state index >= 15 is 0 Å². The molecule has 0 radical (unpaired) electrons. The smallest absolute Gasteiger partial charge is 0.341 e. The first-order chi connectivity index (χ1) is 9.55. The van der Waals surface area contributed by atoms with Crippen LogP contribution in [-0.2, 0) is 11.3 Å². The van der Waals surface area contributed by atoms with Crippen molar-refractivity contribution in [3.63, 3.8) is 0 Å². The summed E-state index contributed by atoms with van der Waals surface area (Å²) in [5.74, 6) is 1.15. The number of carbonyl (C=O) groups excluding carboxylic acids is 1. The first-order valence-corrected chi connectivity index (χ1v) is 7.28. The average Bonchev–Trinajstić information content (AvgIpc) is 3.10. The number of H-pyrrole nitrogens is 1. The van der Waals surface area contributed by atoms with Gasteiger partial charge in [0.05, 0.1) is 5.54 Å². The van der Waals surface area contributed by atoms with Crippen LogP contribution in [0.25, 0.3) is 0 Å². The van der Waals surface area contributed by atoms with Gasteiger partial charge in [-0.05, 0) is 32.6 Å². The minimum Gasteiger partial charge on any atom is -0.341 e. The fourth-order valence-electron chi connectivity index (χ4n) is 2.95. The van der Waals surface area contributed by atoms with E-state index in [-0.39, 0.29) is 29.9 Å². The normalized spacial score (nSPS) is 21.0. The second-order valence-electron chi connectivity index (χ2n) is 5.85. The van der Waals surface area contributed by atoms with Crippen LogP contribution in [0.1, 0.15) is 44.3 Å². The molecule has 0 spiro atoms. The summed E-state index contributed by atoms with van der Waals surface area (Å²) in [5.41, 5.74) is 5.23. The number of likely N-dealkylation sites (tertiary alicyclic amines) is 1. The van der Waals surface area contributed by atoms with Gasteiger partial charge in [0.25, 0.3) is 0 Å². The fourth-order valence-corrected chi connectivity index (χ4v) is 2.95. The van der Waals surface area contributed by atoms with Gasteiger partial charge in [0.15, 0.2) is 0 Å². The second-order valence-corrected chi connectivity index (χ2v) is 5.85. The first-order valence-electron chi connectivity index (χ1n) is 7.28. The number of rotatable bonds is 3. The van der Waals surface area contributed by atoms with Gasteiger partial charge in [-0.2, -0.15) is 5.10 Å². The summed E-state index contributed by atoms with van der Waals surface area (Å²) in [6, 6.07) is 0. The van der Waals surface area contributed by atoms with Crippen LogP contribution in [-0.4, -0.2) is 44.2 Å². The van der Waals surface area contributed by atoms with E-state index in [1.807, 2.05) is 11.8 Å². The molecule has 0 aromatic carbocycles. The number of nitrogens with zero attached hydrogens (tertiary/aromatic N) is 3. The predicted molar refractivity (Wildman–Crippen MR) is 80.5 cm³/mol. The Kier molecular flexibility index (Phi) is 4.43. The van der Waals surface area contributed by atoms with Gasteiger partial charge in [-0.1, -0.05) is 0 Å². The molecular weight excluding hydrogens is 294 g/mol. The maximum atomic E-state index is 12.2. The molecule has 7 nitrogen and oxygen atoms in total. The average molecular weight is 316 g/mol. The van der Waals surface area contributed by atoms with E-state index in [1.54, 1.807) is 4.57 Å². The number of carbonyl (C=O) groups is 1. The lowest BCUT2D eigenvalue weighted by atomic mass is 9.95. The third kappa shape index (κ3) is 2.85. The van der Waals surface area contributed by atoms with Gasteiger partial charge in [0, 0.05) is 25.6 Å². The quantitative estimate of drug-likeness (QED) is 0.833. The van der Waals surface area contributed by atoms with Crippen LogP contribution in [0.4, 0.5) is 0 Å². The van der Waals surface area contributed by atoms with Crippen molar-refractivity contribution in [2.75, 3.05) is 13.1 Å². The summed E-state index contributed by atoms with van der Waals surface area (Å²) in [7, 11) is 0. The number of aromatic nitrogens is 3. The Bertz CT molecular complexity index is 569. The molecular formula is C13H22ClN5O2. The number of halogens is 1. The molecule has 0 unspecified atom stereocenters. The number of hydrogen-bond acceptors (Lipinski definition) is 4. The molecule has 0 atom stereocenters. The Morgan fingerprint density at radius 1 is 1.43 bits per heavy atom. The molecule has 3 N–H and O–H groups in total. The molecule has 1 aromatic heterocycles. The Morgan fingerprint density at radius 3 is 2.57 bits per heavy atom. The van der Waals surface area contributed by atoms with Gasteiger partial charge in [-0.3, -0.25) is 9.36 Å². The van der Waals surface area contributed by atoms with E-state index in [2.05, 4.69) is 10.2 Å². The molecule has 8 heteroatoms. The predicted octanol–water partition coefficient (Wildman–Crippen LogP) is 0.210. The fraction of sp³-hybridized carbons (Fsp3) is 0.769. The number of nitrogens with two attached hydrogens (primary N) is 1. The summed E-state index contributed by atoms with van der Waals surface area (Å²) in [6.07, 6.45) is 3.29. The van der Waals surface area contributed by atoms with E-state index in [0.29, 0.717) is 19.6 Å². The zero-order valence-corrected chi connectivity index (χ0v) is 13.0. The highest BCUT2D eigenvalue weighted by molar-refractivity contribution is 5.89. The highest BCUT2D eigenvalue weighted by atomic mass is 35.5. The number of hydrogen-bond donors (Lipinski definition) is 2. The molecule has 1 amide bonds. The molecule has 21 heavy (non-hydrogen) atoms. The summed E-state index contributed by atoms with van der Waals surface area (Å²) < 4.78 is 1.67. The number of aromatic amines is 1. The molecule has 0 bridgehead atoms. The van der Waals surface area contributed by atoms with Gasteiger partial charge in [0.2, 0.25) is 5.91 Å². The van der Waals surface area contributed by atoms with Crippen molar-refractivity contribution in [2.45, 2.75) is 50.6 Å². The van der Waals surface area contributed by atoms with Gasteiger partial charge < -0.3 is 10.6 Å². The molecule has 1 saturated heterocycles. The Hall–Kier alpha value is -1.34. The first kappa shape index (κ1) is 16.0. The van der Waals surface area contributed by atoms with Crippen molar-refractivity contribution < 1.29 is 4.79 Å². The van der Waals surface area contributed by atoms with Crippen LogP contribution < -0.4 is 11.4 Å². The maximum Gasteiger partial charge on any atom is 0.343 e. The number of piperidine rings is 1. The van der Waals surface area contributed by atoms with E-state index < -0.39 is 5.54 Å². The Labute approximate surface area is 129 Å². The molecule has 2 heterocycles. The lowest BCUT2D eigenvalue weighted by Crippen LogP contribution is -2.48. The SMILES string of the molecule is CCn1c(C2CCN(C(=O)C3(N)CC3)CC2)n[nH]c1=O.Cl. The van der Waals surface area contributed by atoms with Crippen LogP contribution in [0.5, 0.6) is 0 Å². The van der Waals surface area contributed by atoms with Crippen molar-refractivity contribution in [1.82, 2.24) is 19.7 Å². The number of nitrogens with one attached hydrogen (secondary N) is 1. The van der Waals surface area contributed by atoms with Crippen LogP contribution in [0.2, 0.25) is 0 Å².